The van der Waals surface area contributed by atoms with Crippen molar-refractivity contribution in [1.29, 1.82) is 5.26 Å². The number of para-hydroxylation sites is 2. The molecule has 2 heterocycles. The highest BCUT2D eigenvalue weighted by Gasteiger charge is 2.16. The number of hydrogen-bond acceptors (Lipinski definition) is 7. The molecule has 0 bridgehead atoms. The predicted molar refractivity (Wildman–Crippen MR) is 91.8 cm³/mol. The first-order valence-corrected chi connectivity index (χ1v) is 7.62. The topological polar surface area (TPSA) is 141 Å². The molecule has 27 heavy (non-hydrogen) atoms. The van der Waals surface area contributed by atoms with Crippen LogP contribution < -0.4 is 10.1 Å². The molecule has 3 rings (SSSR count). The summed E-state index contributed by atoms with van der Waals surface area (Å²) in [6.45, 7) is -0.118. The van der Waals surface area contributed by atoms with Crippen LogP contribution >= 0.6 is 0 Å². The molecule has 136 valence electrons. The SMILES string of the molecule is Cn1ncc(C#N)c1NC(=O)c1ccn(COc2ccccc2[N+](=O)[O-])n1. The van der Waals surface area contributed by atoms with Gasteiger partial charge >= 0.3 is 5.69 Å². The molecule has 11 nitrogen and oxygen atoms in total. The largest absolute Gasteiger partial charge is 0.464 e. The molecule has 0 aliphatic rings. The van der Waals surface area contributed by atoms with Crippen molar-refractivity contribution in [2.45, 2.75) is 6.73 Å². The average molecular weight is 367 g/mol. The van der Waals surface area contributed by atoms with E-state index in [0.29, 0.717) is 0 Å². The molecule has 2 aromatic heterocycles. The molecule has 0 saturated heterocycles. The van der Waals surface area contributed by atoms with E-state index in [0.717, 1.165) is 0 Å². The Bertz CT molecular complexity index is 1050. The number of carbonyl (C=O) groups is 1. The van der Waals surface area contributed by atoms with Crippen molar-refractivity contribution in [3.05, 3.63) is 64.1 Å². The Morgan fingerprint density at radius 3 is 2.93 bits per heavy atom. The number of hydrogen-bond donors (Lipinski definition) is 1. The van der Waals surface area contributed by atoms with Crippen molar-refractivity contribution in [3.8, 4) is 11.8 Å². The number of nitrogens with one attached hydrogen (secondary N) is 1. The Morgan fingerprint density at radius 2 is 2.19 bits per heavy atom. The summed E-state index contributed by atoms with van der Waals surface area (Å²) in [6.07, 6.45) is 2.84. The van der Waals surface area contributed by atoms with Gasteiger partial charge in [0.05, 0.1) is 11.1 Å². The monoisotopic (exact) mass is 367 g/mol. The van der Waals surface area contributed by atoms with Crippen molar-refractivity contribution < 1.29 is 14.5 Å². The lowest BCUT2D eigenvalue weighted by atomic mass is 10.3. The highest BCUT2D eigenvalue weighted by Crippen LogP contribution is 2.26. The van der Waals surface area contributed by atoms with Gasteiger partial charge in [-0.25, -0.2) is 4.68 Å². The second kappa shape index (κ2) is 7.36. The number of rotatable bonds is 6. The second-order valence-electron chi connectivity index (χ2n) is 5.34. The molecule has 0 aliphatic carbocycles. The van der Waals surface area contributed by atoms with Gasteiger partial charge in [-0.2, -0.15) is 15.5 Å². The van der Waals surface area contributed by atoms with Crippen LogP contribution in [0.3, 0.4) is 0 Å². The lowest BCUT2D eigenvalue weighted by molar-refractivity contribution is -0.386. The number of nitriles is 1. The van der Waals surface area contributed by atoms with Crippen molar-refractivity contribution in [2.24, 2.45) is 7.05 Å². The number of benzene rings is 1. The molecule has 0 spiro atoms. The van der Waals surface area contributed by atoms with Gasteiger partial charge in [-0.1, -0.05) is 12.1 Å². The van der Waals surface area contributed by atoms with Gasteiger partial charge in [-0.15, -0.1) is 0 Å². The zero-order valence-electron chi connectivity index (χ0n) is 14.1. The van der Waals surface area contributed by atoms with E-state index in [1.165, 1.54) is 46.0 Å². The van der Waals surface area contributed by atoms with E-state index in [4.69, 9.17) is 10.00 Å². The van der Waals surface area contributed by atoms with E-state index in [2.05, 4.69) is 15.5 Å². The molecule has 0 atom stereocenters. The van der Waals surface area contributed by atoms with Gasteiger partial charge in [-0.3, -0.25) is 19.6 Å². The van der Waals surface area contributed by atoms with Gasteiger partial charge in [0.15, 0.2) is 18.2 Å². The van der Waals surface area contributed by atoms with Gasteiger partial charge in [0.1, 0.15) is 17.5 Å². The van der Waals surface area contributed by atoms with Crippen molar-refractivity contribution >= 4 is 17.4 Å². The highest BCUT2D eigenvalue weighted by atomic mass is 16.6. The third-order valence-corrected chi connectivity index (χ3v) is 3.58. The number of nitro benzene ring substituents is 1. The summed E-state index contributed by atoms with van der Waals surface area (Å²) in [7, 11) is 1.59. The fraction of sp³-hybridized carbons (Fsp3) is 0.125. The molecular weight excluding hydrogens is 354 g/mol. The van der Waals surface area contributed by atoms with Crippen LogP contribution in [0.25, 0.3) is 0 Å². The number of ether oxygens (including phenoxy) is 1. The molecule has 0 fully saturated rings. The van der Waals surface area contributed by atoms with E-state index in [-0.39, 0.29) is 35.2 Å². The molecule has 0 radical (unpaired) electrons. The smallest absolute Gasteiger partial charge is 0.311 e. The van der Waals surface area contributed by atoms with Crippen molar-refractivity contribution in [1.82, 2.24) is 19.6 Å². The molecule has 0 aliphatic heterocycles. The molecule has 0 saturated carbocycles. The lowest BCUT2D eigenvalue weighted by Crippen LogP contribution is -2.17. The van der Waals surface area contributed by atoms with E-state index < -0.39 is 10.8 Å². The standard InChI is InChI=1S/C16H13N7O4/c1-21-15(11(8-17)9-18-21)19-16(24)12-6-7-22(20-12)10-27-14-5-3-2-4-13(14)23(25)26/h2-7,9H,10H2,1H3,(H,19,24). The summed E-state index contributed by atoms with van der Waals surface area (Å²) in [5.74, 6) is -0.176. The Morgan fingerprint density at radius 1 is 1.41 bits per heavy atom. The second-order valence-corrected chi connectivity index (χ2v) is 5.34. The van der Waals surface area contributed by atoms with Crippen molar-refractivity contribution in [2.75, 3.05) is 5.32 Å². The van der Waals surface area contributed by atoms with Crippen LogP contribution in [0.4, 0.5) is 11.5 Å². The molecule has 3 aromatic rings. The van der Waals surface area contributed by atoms with E-state index in [9.17, 15) is 14.9 Å². The van der Waals surface area contributed by atoms with Gasteiger partial charge in [-0.05, 0) is 12.1 Å². The highest BCUT2D eigenvalue weighted by molar-refractivity contribution is 6.02. The summed E-state index contributed by atoms with van der Waals surface area (Å²) in [4.78, 5) is 22.7. The van der Waals surface area contributed by atoms with Crippen LogP contribution in [0.2, 0.25) is 0 Å². The first-order chi connectivity index (χ1) is 13.0. The number of anilines is 1. The summed E-state index contributed by atoms with van der Waals surface area (Å²) in [5, 5.41) is 30.5. The Labute approximate surface area is 152 Å². The summed E-state index contributed by atoms with van der Waals surface area (Å²) in [5.41, 5.74) is 0.152. The normalized spacial score (nSPS) is 10.2. The minimum absolute atomic E-state index is 0.0891. The number of nitrogens with zero attached hydrogens (tertiary/aromatic N) is 6. The average Bonchev–Trinajstić information content (AvgIpc) is 3.27. The van der Waals surface area contributed by atoms with E-state index in [1.807, 2.05) is 6.07 Å². The van der Waals surface area contributed by atoms with Crippen LogP contribution in [0.15, 0.2) is 42.7 Å². The van der Waals surface area contributed by atoms with Gasteiger partial charge < -0.3 is 10.1 Å². The molecular formula is C16H13N7O4. The number of nitro groups is 1. The Hall–Kier alpha value is -4.20. The fourth-order valence-electron chi connectivity index (χ4n) is 2.26. The van der Waals surface area contributed by atoms with Crippen LogP contribution in [0, 0.1) is 21.4 Å². The quantitative estimate of drug-likeness (QED) is 0.516. The van der Waals surface area contributed by atoms with Crippen LogP contribution in [0.5, 0.6) is 5.75 Å². The number of carbonyl (C=O) groups excluding carboxylic acids is 1. The van der Waals surface area contributed by atoms with Gasteiger partial charge in [0.25, 0.3) is 5.91 Å². The number of amides is 1. The Balaban J connectivity index is 1.68. The maximum absolute atomic E-state index is 12.3. The number of aromatic nitrogens is 4. The van der Waals surface area contributed by atoms with Crippen molar-refractivity contribution in [3.63, 3.8) is 0 Å². The Kier molecular flexibility index (Phi) is 4.80. The summed E-state index contributed by atoms with van der Waals surface area (Å²) in [6, 6.07) is 9.35. The van der Waals surface area contributed by atoms with Gasteiger partial charge in [0.2, 0.25) is 0 Å². The third kappa shape index (κ3) is 3.74. The minimum atomic E-state index is -0.544. The first-order valence-electron chi connectivity index (χ1n) is 7.62. The third-order valence-electron chi connectivity index (χ3n) is 3.58. The molecule has 1 amide bonds. The van der Waals surface area contributed by atoms with E-state index in [1.54, 1.807) is 13.1 Å². The maximum Gasteiger partial charge on any atom is 0.311 e. The molecule has 11 heteroatoms. The predicted octanol–water partition coefficient (Wildman–Crippen LogP) is 1.69. The summed E-state index contributed by atoms with van der Waals surface area (Å²) < 4.78 is 8.09. The zero-order valence-corrected chi connectivity index (χ0v) is 14.1. The number of aryl methyl sites for hydroxylation is 1. The first kappa shape index (κ1) is 17.6. The lowest BCUT2D eigenvalue weighted by Gasteiger charge is -2.06. The molecule has 1 N–H and O–H groups in total. The molecule has 0 unspecified atom stereocenters. The maximum atomic E-state index is 12.3. The van der Waals surface area contributed by atoms with Crippen LogP contribution in [-0.2, 0) is 13.8 Å². The molecule has 1 aromatic carbocycles. The van der Waals surface area contributed by atoms with E-state index >= 15 is 0 Å². The van der Waals surface area contributed by atoms with Crippen LogP contribution in [0.1, 0.15) is 16.1 Å². The summed E-state index contributed by atoms with van der Waals surface area (Å²) >= 11 is 0. The fourth-order valence-corrected chi connectivity index (χ4v) is 2.26. The van der Waals surface area contributed by atoms with Gasteiger partial charge in [0, 0.05) is 19.3 Å². The minimum Gasteiger partial charge on any atom is -0.464 e. The zero-order chi connectivity index (χ0) is 19.4. The van der Waals surface area contributed by atoms with Crippen LogP contribution in [-0.4, -0.2) is 30.4 Å².